The summed E-state index contributed by atoms with van der Waals surface area (Å²) in [6.45, 7) is 6.11. The first-order valence-corrected chi connectivity index (χ1v) is 16.3. The van der Waals surface area contributed by atoms with Crippen LogP contribution in [0.4, 0.5) is 17.2 Å². The number of rotatable bonds is 6. The van der Waals surface area contributed by atoms with Gasteiger partial charge in [-0.15, -0.1) is 11.3 Å². The van der Waals surface area contributed by atoms with Crippen LogP contribution in [0.3, 0.4) is 0 Å². The predicted octanol–water partition coefficient (Wildman–Crippen LogP) is 6.15. The van der Waals surface area contributed by atoms with Gasteiger partial charge in [-0.25, -0.2) is 9.78 Å². The molecule has 0 aliphatic carbocycles. The van der Waals surface area contributed by atoms with Crippen LogP contribution in [-0.4, -0.2) is 61.0 Å². The van der Waals surface area contributed by atoms with Gasteiger partial charge in [-0.2, -0.15) is 0 Å². The lowest BCUT2D eigenvalue weighted by atomic mass is 9.73. The zero-order chi connectivity index (χ0) is 30.7. The van der Waals surface area contributed by atoms with E-state index in [1.165, 1.54) is 11.3 Å². The van der Waals surface area contributed by atoms with Crippen molar-refractivity contribution in [1.29, 1.82) is 0 Å². The molecule has 45 heavy (non-hydrogen) atoms. The van der Waals surface area contributed by atoms with E-state index in [4.69, 9.17) is 9.47 Å². The molecule has 4 aliphatic rings. The zero-order valence-corrected chi connectivity index (χ0v) is 25.8. The fraction of sp³-hybridized carbons (Fsp3) is 0.343. The number of amides is 1. The molecule has 8 rings (SSSR count). The highest BCUT2D eigenvalue weighted by Gasteiger charge is 2.47. The van der Waals surface area contributed by atoms with E-state index >= 15 is 0 Å². The quantitative estimate of drug-likeness (QED) is 0.247. The lowest BCUT2D eigenvalue weighted by Crippen LogP contribution is -2.59. The summed E-state index contributed by atoms with van der Waals surface area (Å²) < 4.78 is 11.8. The van der Waals surface area contributed by atoms with Crippen molar-refractivity contribution in [3.8, 4) is 10.4 Å². The number of anilines is 3. The fourth-order valence-electron chi connectivity index (χ4n) is 7.04. The summed E-state index contributed by atoms with van der Waals surface area (Å²) in [5.41, 5.74) is 6.75. The maximum atomic E-state index is 13.5. The van der Waals surface area contributed by atoms with Crippen LogP contribution >= 0.6 is 11.3 Å². The number of benzene rings is 2. The number of pyridine rings is 1. The number of carboxylic acid groups (broad SMARTS) is 1. The Balaban J connectivity index is 0.956. The molecule has 10 heteroatoms. The molecule has 2 aromatic carbocycles. The second-order valence-electron chi connectivity index (χ2n) is 12.6. The maximum Gasteiger partial charge on any atom is 0.345 e. The van der Waals surface area contributed by atoms with E-state index in [0.717, 1.165) is 96.4 Å². The number of ether oxygens (including phenoxy) is 2. The molecule has 0 bridgehead atoms. The highest BCUT2D eigenvalue weighted by Crippen LogP contribution is 2.48. The number of nitrogens with zero attached hydrogens (tertiary/aromatic N) is 3. The summed E-state index contributed by atoms with van der Waals surface area (Å²) in [6, 6.07) is 19.8. The van der Waals surface area contributed by atoms with Crippen LogP contribution in [0.15, 0.2) is 66.9 Å². The average Bonchev–Trinajstić information content (AvgIpc) is 3.74. The molecule has 1 amide bonds. The van der Waals surface area contributed by atoms with Gasteiger partial charge in [0.1, 0.15) is 16.8 Å². The SMILES string of the molecule is Cc1cnc(N2CC3(CCOCC3)C2)c(C(=O)Nc2ccc(C3OC3N3CCc4cc(C(=O)O)sc4-c4ccccc43)cc2)c1. The Hall–Kier alpha value is -4.25. The number of aromatic carboxylic acids is 1. The molecule has 2 atom stereocenters. The molecule has 2 aromatic heterocycles. The number of hydrogen-bond acceptors (Lipinski definition) is 8. The van der Waals surface area contributed by atoms with Gasteiger partial charge in [-0.1, -0.05) is 30.3 Å². The predicted molar refractivity (Wildman–Crippen MR) is 173 cm³/mol. The summed E-state index contributed by atoms with van der Waals surface area (Å²) in [6.07, 6.45) is 4.48. The number of thiophene rings is 1. The molecule has 2 N–H and O–H groups in total. The van der Waals surface area contributed by atoms with Gasteiger partial charge in [-0.3, -0.25) is 4.79 Å². The Morgan fingerprint density at radius 1 is 1.07 bits per heavy atom. The van der Waals surface area contributed by atoms with E-state index in [-0.39, 0.29) is 23.7 Å². The van der Waals surface area contributed by atoms with Crippen molar-refractivity contribution >= 4 is 40.4 Å². The lowest BCUT2D eigenvalue weighted by molar-refractivity contribution is -0.000511. The Kier molecular flexibility index (Phi) is 6.89. The van der Waals surface area contributed by atoms with E-state index in [1.54, 1.807) is 0 Å². The normalized spacial score (nSPS) is 21.4. The molecule has 1 spiro atoms. The summed E-state index contributed by atoms with van der Waals surface area (Å²) >= 11 is 1.34. The van der Waals surface area contributed by atoms with Crippen LogP contribution in [0, 0.1) is 12.3 Å². The van der Waals surface area contributed by atoms with Crippen LogP contribution in [0.5, 0.6) is 0 Å². The van der Waals surface area contributed by atoms with Crippen LogP contribution in [0.2, 0.25) is 0 Å². The first-order valence-electron chi connectivity index (χ1n) is 15.5. The number of carbonyl (C=O) groups is 2. The minimum atomic E-state index is -0.886. The van der Waals surface area contributed by atoms with Crippen molar-refractivity contribution in [3.05, 3.63) is 94.0 Å². The zero-order valence-electron chi connectivity index (χ0n) is 25.0. The minimum absolute atomic E-state index is 0.0926. The van der Waals surface area contributed by atoms with Gasteiger partial charge in [0, 0.05) is 66.3 Å². The molecular formula is C35H34N4O5S. The second kappa shape index (κ2) is 11.0. The molecule has 3 fully saturated rings. The molecule has 0 radical (unpaired) electrons. The molecule has 2 unspecified atom stereocenters. The number of carboxylic acids is 1. The van der Waals surface area contributed by atoms with Crippen LogP contribution in [0.1, 0.15) is 55.7 Å². The standard InChI is InChI=1S/C35H34N4O5S/c1-21-16-26(31(36-18-21)38-19-35(20-38)11-14-43-15-12-35)32(40)37-24-8-6-22(7-9-24)29-33(44-29)39-13-10-23-17-28(34(41)42)45-30(23)25-4-2-3-5-27(25)39/h2-9,16-18,29,33H,10-15,19-20H2,1H3,(H,37,40)(H,41,42). The highest BCUT2D eigenvalue weighted by atomic mass is 32.1. The van der Waals surface area contributed by atoms with E-state index in [0.29, 0.717) is 10.4 Å². The molecule has 4 aliphatic heterocycles. The number of epoxide rings is 1. The Morgan fingerprint density at radius 2 is 1.84 bits per heavy atom. The van der Waals surface area contributed by atoms with Gasteiger partial charge < -0.3 is 29.7 Å². The Morgan fingerprint density at radius 3 is 2.62 bits per heavy atom. The van der Waals surface area contributed by atoms with Gasteiger partial charge in [0.05, 0.1) is 5.56 Å². The van der Waals surface area contributed by atoms with Crippen LogP contribution in [0.25, 0.3) is 10.4 Å². The van der Waals surface area contributed by atoms with Crippen molar-refractivity contribution < 1.29 is 24.2 Å². The molecule has 230 valence electrons. The number of nitrogens with one attached hydrogen (secondary N) is 1. The Labute approximate surface area is 265 Å². The van der Waals surface area contributed by atoms with Crippen molar-refractivity contribution in [2.45, 2.75) is 38.5 Å². The monoisotopic (exact) mass is 622 g/mol. The minimum Gasteiger partial charge on any atom is -0.477 e. The van der Waals surface area contributed by atoms with Gasteiger partial charge in [0.15, 0.2) is 6.23 Å². The fourth-order valence-corrected chi connectivity index (χ4v) is 8.13. The van der Waals surface area contributed by atoms with E-state index in [2.05, 4.69) is 32.2 Å². The first-order chi connectivity index (χ1) is 21.9. The van der Waals surface area contributed by atoms with Crippen molar-refractivity contribution in [3.63, 3.8) is 0 Å². The van der Waals surface area contributed by atoms with Crippen molar-refractivity contribution in [2.24, 2.45) is 5.41 Å². The van der Waals surface area contributed by atoms with Crippen LogP contribution in [-0.2, 0) is 15.9 Å². The smallest absolute Gasteiger partial charge is 0.345 e. The molecule has 0 saturated carbocycles. The van der Waals surface area contributed by atoms with E-state index < -0.39 is 5.97 Å². The van der Waals surface area contributed by atoms with E-state index in [9.17, 15) is 14.7 Å². The van der Waals surface area contributed by atoms with Gasteiger partial charge in [-0.05, 0) is 73.2 Å². The molecule has 4 aromatic rings. The third-order valence-electron chi connectivity index (χ3n) is 9.53. The third-order valence-corrected chi connectivity index (χ3v) is 10.7. The highest BCUT2D eigenvalue weighted by molar-refractivity contribution is 7.17. The molecular weight excluding hydrogens is 588 g/mol. The first kappa shape index (κ1) is 28.2. The maximum absolute atomic E-state index is 13.5. The molecule has 3 saturated heterocycles. The van der Waals surface area contributed by atoms with Gasteiger partial charge in [0.2, 0.25) is 0 Å². The largest absolute Gasteiger partial charge is 0.477 e. The number of hydrogen-bond donors (Lipinski definition) is 2. The number of carbonyl (C=O) groups excluding carboxylic acids is 1. The lowest BCUT2D eigenvalue weighted by Gasteiger charge is -2.53. The third kappa shape index (κ3) is 5.16. The van der Waals surface area contributed by atoms with E-state index in [1.807, 2.05) is 61.7 Å². The summed E-state index contributed by atoms with van der Waals surface area (Å²) in [5, 5.41) is 12.6. The van der Waals surface area contributed by atoms with Crippen molar-refractivity contribution in [1.82, 2.24) is 4.98 Å². The van der Waals surface area contributed by atoms with Gasteiger partial charge >= 0.3 is 5.97 Å². The Bertz CT molecular complexity index is 1790. The molecule has 6 heterocycles. The number of fused-ring (bicyclic) bond motifs is 3. The average molecular weight is 623 g/mol. The number of aromatic nitrogens is 1. The van der Waals surface area contributed by atoms with Crippen LogP contribution < -0.4 is 15.1 Å². The number of aryl methyl sites for hydroxylation is 1. The second-order valence-corrected chi connectivity index (χ2v) is 13.7. The number of para-hydroxylation sites is 1. The summed E-state index contributed by atoms with van der Waals surface area (Å²) in [4.78, 5) is 35.7. The topological polar surface area (TPSA) is 108 Å². The van der Waals surface area contributed by atoms with Crippen molar-refractivity contribution in [2.75, 3.05) is 48.0 Å². The summed E-state index contributed by atoms with van der Waals surface area (Å²) in [7, 11) is 0. The summed E-state index contributed by atoms with van der Waals surface area (Å²) in [5.74, 6) is -0.308. The van der Waals surface area contributed by atoms with Gasteiger partial charge in [0.25, 0.3) is 5.91 Å². The molecule has 9 nitrogen and oxygen atoms in total.